The zero-order valence-corrected chi connectivity index (χ0v) is 22.0. The Labute approximate surface area is 200 Å². The van der Waals surface area contributed by atoms with E-state index in [1.807, 2.05) is 13.8 Å². The van der Waals surface area contributed by atoms with E-state index in [9.17, 15) is 4.57 Å². The van der Waals surface area contributed by atoms with Gasteiger partial charge in [0.15, 0.2) is 0 Å². The summed E-state index contributed by atoms with van der Waals surface area (Å²) >= 11 is 0. The Hall–Kier alpha value is -1.39. The van der Waals surface area contributed by atoms with Gasteiger partial charge >= 0.3 is 7.60 Å². The van der Waals surface area contributed by atoms with Crippen molar-refractivity contribution >= 4 is 18.4 Å². The second-order valence-corrected chi connectivity index (χ2v) is 12.3. The molecular weight excluding hydrogens is 433 g/mol. The lowest BCUT2D eigenvalue weighted by molar-refractivity contribution is 0.0883. The smallest absolute Gasteiger partial charge is 0.331 e. The topological polar surface area (TPSA) is 56.8 Å². The normalized spacial score (nSPS) is 19.7. The molecule has 0 aliphatic heterocycles. The van der Waals surface area contributed by atoms with Gasteiger partial charge in [0.05, 0.1) is 25.5 Å². The molecule has 0 saturated heterocycles. The molecule has 1 aliphatic rings. The van der Waals surface area contributed by atoms with Crippen molar-refractivity contribution in [1.82, 2.24) is 5.32 Å². The SMILES string of the molecule is CCOP(=O)(CCNCc1ccc2cc(O[C@H]3CC[C@H](C(C)(C)C)CC3)ccc2c1)OCC. The zero-order valence-electron chi connectivity index (χ0n) is 21.1. The van der Waals surface area contributed by atoms with Gasteiger partial charge in [-0.15, -0.1) is 0 Å². The van der Waals surface area contributed by atoms with E-state index in [1.165, 1.54) is 29.2 Å². The second-order valence-electron chi connectivity index (χ2n) is 10.1. The fourth-order valence-electron chi connectivity index (χ4n) is 4.70. The Kier molecular flexibility index (Phi) is 9.41. The first-order valence-corrected chi connectivity index (χ1v) is 14.2. The summed E-state index contributed by atoms with van der Waals surface area (Å²) in [6, 6.07) is 12.9. The standard InChI is InChI=1S/C27H42NO4P/c1-6-30-33(29,31-7-2)17-16-28-20-21-8-9-23-19-26(13-10-22(23)18-21)32-25-14-11-24(12-15-25)27(3,4)5/h8-10,13,18-19,24-25,28H,6-7,11-12,14-17,20H2,1-5H3/t24-,25-. The molecule has 184 valence electrons. The fourth-order valence-corrected chi connectivity index (χ4v) is 6.26. The number of fused-ring (bicyclic) bond motifs is 1. The summed E-state index contributed by atoms with van der Waals surface area (Å²) in [5, 5.41) is 5.75. The highest BCUT2D eigenvalue weighted by Crippen LogP contribution is 2.47. The van der Waals surface area contributed by atoms with Gasteiger partial charge in [0.25, 0.3) is 0 Å². The molecule has 1 aliphatic carbocycles. The van der Waals surface area contributed by atoms with Crippen molar-refractivity contribution in [3.8, 4) is 5.75 Å². The quantitative estimate of drug-likeness (QED) is 0.276. The van der Waals surface area contributed by atoms with Gasteiger partial charge in [-0.25, -0.2) is 0 Å². The largest absolute Gasteiger partial charge is 0.490 e. The Morgan fingerprint density at radius 2 is 1.58 bits per heavy atom. The highest BCUT2D eigenvalue weighted by atomic mass is 31.2. The lowest BCUT2D eigenvalue weighted by Gasteiger charge is -2.37. The van der Waals surface area contributed by atoms with Gasteiger partial charge in [0.1, 0.15) is 5.75 Å². The summed E-state index contributed by atoms with van der Waals surface area (Å²) in [7, 11) is -2.99. The number of ether oxygens (including phenoxy) is 1. The summed E-state index contributed by atoms with van der Waals surface area (Å²) in [4.78, 5) is 0. The zero-order chi connectivity index (χ0) is 23.9. The molecule has 0 bridgehead atoms. The molecule has 1 N–H and O–H groups in total. The van der Waals surface area contributed by atoms with Crippen LogP contribution in [0.2, 0.25) is 0 Å². The molecule has 0 heterocycles. The molecule has 0 spiro atoms. The van der Waals surface area contributed by atoms with E-state index < -0.39 is 7.60 Å². The highest BCUT2D eigenvalue weighted by Gasteiger charge is 2.30. The second kappa shape index (κ2) is 11.8. The maximum absolute atomic E-state index is 12.5. The third-order valence-electron chi connectivity index (χ3n) is 6.62. The van der Waals surface area contributed by atoms with E-state index in [0.29, 0.717) is 44.0 Å². The molecule has 6 heteroatoms. The lowest BCUT2D eigenvalue weighted by Crippen LogP contribution is -2.30. The minimum atomic E-state index is -2.99. The number of benzene rings is 2. The van der Waals surface area contributed by atoms with Crippen LogP contribution < -0.4 is 10.1 Å². The van der Waals surface area contributed by atoms with E-state index in [4.69, 9.17) is 13.8 Å². The van der Waals surface area contributed by atoms with Crippen LogP contribution in [0.3, 0.4) is 0 Å². The van der Waals surface area contributed by atoms with E-state index >= 15 is 0 Å². The van der Waals surface area contributed by atoms with Gasteiger partial charge in [-0.2, -0.15) is 0 Å². The lowest BCUT2D eigenvalue weighted by atomic mass is 9.72. The van der Waals surface area contributed by atoms with Gasteiger partial charge in [-0.3, -0.25) is 4.57 Å². The van der Waals surface area contributed by atoms with Crippen LogP contribution >= 0.6 is 7.60 Å². The Morgan fingerprint density at radius 1 is 0.939 bits per heavy atom. The van der Waals surface area contributed by atoms with Crippen LogP contribution in [-0.2, 0) is 20.2 Å². The van der Waals surface area contributed by atoms with Gasteiger partial charge in [-0.1, -0.05) is 39.0 Å². The van der Waals surface area contributed by atoms with Crippen molar-refractivity contribution in [2.24, 2.45) is 11.3 Å². The van der Waals surface area contributed by atoms with Crippen LogP contribution in [0.1, 0.15) is 65.9 Å². The number of nitrogens with one attached hydrogen (secondary N) is 1. The molecule has 1 saturated carbocycles. The van der Waals surface area contributed by atoms with E-state index in [0.717, 1.165) is 24.5 Å². The van der Waals surface area contributed by atoms with Crippen LogP contribution in [0.4, 0.5) is 0 Å². The molecule has 0 amide bonds. The molecule has 1 fully saturated rings. The predicted octanol–water partition coefficient (Wildman–Crippen LogP) is 7.18. The van der Waals surface area contributed by atoms with Gasteiger partial charge in [-0.05, 0) is 85.4 Å². The molecule has 33 heavy (non-hydrogen) atoms. The van der Waals surface area contributed by atoms with E-state index in [-0.39, 0.29) is 0 Å². The minimum Gasteiger partial charge on any atom is -0.490 e. The fraction of sp³-hybridized carbons (Fsp3) is 0.630. The Balaban J connectivity index is 1.51. The molecule has 0 radical (unpaired) electrons. The molecule has 0 aromatic heterocycles. The number of hydrogen-bond acceptors (Lipinski definition) is 5. The first-order valence-electron chi connectivity index (χ1n) is 12.5. The molecule has 2 aromatic rings. The van der Waals surface area contributed by atoms with Gasteiger partial charge < -0.3 is 19.1 Å². The maximum atomic E-state index is 12.5. The monoisotopic (exact) mass is 475 g/mol. The highest BCUT2D eigenvalue weighted by molar-refractivity contribution is 7.53. The summed E-state index contributed by atoms with van der Waals surface area (Å²) in [6.07, 6.45) is 5.49. The Morgan fingerprint density at radius 3 is 2.21 bits per heavy atom. The molecule has 0 unspecified atom stereocenters. The molecule has 3 rings (SSSR count). The molecule has 2 aromatic carbocycles. The minimum absolute atomic E-state index is 0.328. The van der Waals surface area contributed by atoms with Crippen molar-refractivity contribution in [2.75, 3.05) is 25.9 Å². The third-order valence-corrected chi connectivity index (χ3v) is 8.70. The maximum Gasteiger partial charge on any atom is 0.331 e. The summed E-state index contributed by atoms with van der Waals surface area (Å²) in [6.45, 7) is 12.8. The van der Waals surface area contributed by atoms with E-state index in [2.05, 4.69) is 62.5 Å². The molecule has 5 nitrogen and oxygen atoms in total. The third kappa shape index (κ3) is 7.82. The summed E-state index contributed by atoms with van der Waals surface area (Å²) < 4.78 is 29.6. The average molecular weight is 476 g/mol. The van der Waals surface area contributed by atoms with Gasteiger partial charge in [0.2, 0.25) is 0 Å². The number of hydrogen-bond donors (Lipinski definition) is 1. The molecular formula is C27H42NO4P. The molecule has 0 atom stereocenters. The van der Waals surface area contributed by atoms with Crippen molar-refractivity contribution in [3.05, 3.63) is 42.0 Å². The van der Waals surface area contributed by atoms with Crippen LogP contribution in [0.25, 0.3) is 10.8 Å². The van der Waals surface area contributed by atoms with E-state index in [1.54, 1.807) is 0 Å². The van der Waals surface area contributed by atoms with Crippen LogP contribution in [0, 0.1) is 11.3 Å². The summed E-state index contributed by atoms with van der Waals surface area (Å²) in [5.74, 6) is 1.77. The number of rotatable bonds is 11. The van der Waals surface area contributed by atoms with Crippen LogP contribution in [0.5, 0.6) is 5.75 Å². The van der Waals surface area contributed by atoms with Crippen LogP contribution in [-0.4, -0.2) is 32.0 Å². The predicted molar refractivity (Wildman–Crippen MR) is 137 cm³/mol. The van der Waals surface area contributed by atoms with Crippen molar-refractivity contribution < 1.29 is 18.3 Å². The van der Waals surface area contributed by atoms with Crippen molar-refractivity contribution in [3.63, 3.8) is 0 Å². The Bertz CT molecular complexity index is 921. The van der Waals surface area contributed by atoms with Crippen molar-refractivity contribution in [2.45, 2.75) is 73.0 Å². The van der Waals surface area contributed by atoms with Crippen molar-refractivity contribution in [1.29, 1.82) is 0 Å². The first kappa shape index (κ1) is 26.2. The average Bonchev–Trinajstić information content (AvgIpc) is 2.77. The van der Waals surface area contributed by atoms with Gasteiger partial charge in [0, 0.05) is 13.1 Å². The summed E-state index contributed by atoms with van der Waals surface area (Å²) in [5.41, 5.74) is 1.59. The first-order chi connectivity index (χ1) is 15.7. The van der Waals surface area contributed by atoms with Crippen LogP contribution in [0.15, 0.2) is 36.4 Å².